The number of nitrogens with zero attached hydrogens (tertiary/aromatic N) is 4. The Bertz CT molecular complexity index is 687. The Morgan fingerprint density at radius 2 is 1.80 bits per heavy atom. The average molecular weight is 344 g/mol. The summed E-state index contributed by atoms with van der Waals surface area (Å²) in [6, 6.07) is 1.79. The molecule has 25 heavy (non-hydrogen) atoms. The number of aromatic nitrogens is 2. The van der Waals surface area contributed by atoms with Gasteiger partial charge in [-0.2, -0.15) is 5.10 Å². The van der Waals surface area contributed by atoms with Crippen LogP contribution in [0.3, 0.4) is 0 Å². The van der Waals surface area contributed by atoms with E-state index in [2.05, 4.69) is 10.00 Å². The Labute approximate surface area is 148 Å². The lowest BCUT2D eigenvalue weighted by atomic mass is 9.84. The fourth-order valence-corrected chi connectivity index (χ4v) is 4.10. The van der Waals surface area contributed by atoms with E-state index in [0.29, 0.717) is 18.4 Å². The summed E-state index contributed by atoms with van der Waals surface area (Å²) in [7, 11) is 0. The molecule has 0 spiro atoms. The minimum absolute atomic E-state index is 0.0273. The predicted molar refractivity (Wildman–Crippen MR) is 95.5 cm³/mol. The van der Waals surface area contributed by atoms with Crippen LogP contribution in [0.15, 0.2) is 10.9 Å². The number of carbonyl (C=O) groups is 1. The smallest absolute Gasteiger partial charge is 0.267 e. The summed E-state index contributed by atoms with van der Waals surface area (Å²) >= 11 is 0. The van der Waals surface area contributed by atoms with Gasteiger partial charge >= 0.3 is 0 Å². The summed E-state index contributed by atoms with van der Waals surface area (Å²) in [6.07, 6.45) is 7.70. The van der Waals surface area contributed by atoms with Crippen molar-refractivity contribution in [1.29, 1.82) is 0 Å². The lowest BCUT2D eigenvalue weighted by Crippen LogP contribution is -2.51. The Morgan fingerprint density at radius 1 is 1.04 bits per heavy atom. The van der Waals surface area contributed by atoms with Crippen LogP contribution in [0.5, 0.6) is 0 Å². The number of fused-ring (bicyclic) bond motifs is 1. The minimum atomic E-state index is 0.0273. The molecule has 2 aliphatic carbocycles. The minimum Gasteiger partial charge on any atom is -0.340 e. The van der Waals surface area contributed by atoms with E-state index in [0.717, 1.165) is 69.7 Å². The van der Waals surface area contributed by atoms with E-state index < -0.39 is 0 Å². The molecule has 1 saturated carbocycles. The summed E-state index contributed by atoms with van der Waals surface area (Å²) in [6.45, 7) is 4.92. The third-order valence-corrected chi connectivity index (χ3v) is 6.04. The zero-order chi connectivity index (χ0) is 17.2. The molecule has 1 aromatic rings. The van der Waals surface area contributed by atoms with Gasteiger partial charge in [0.05, 0.1) is 12.2 Å². The lowest BCUT2D eigenvalue weighted by Gasteiger charge is -2.38. The molecule has 2 fully saturated rings. The molecule has 2 heterocycles. The quantitative estimate of drug-likeness (QED) is 0.820. The molecule has 1 saturated heterocycles. The molecule has 6 heteroatoms. The number of amides is 1. The zero-order valence-corrected chi connectivity index (χ0v) is 15.0. The van der Waals surface area contributed by atoms with Crippen molar-refractivity contribution in [1.82, 2.24) is 19.6 Å². The topological polar surface area (TPSA) is 58.4 Å². The molecule has 1 amide bonds. The summed E-state index contributed by atoms with van der Waals surface area (Å²) in [5.74, 6) is 0.656. The van der Waals surface area contributed by atoms with Crippen LogP contribution >= 0.6 is 0 Å². The first-order valence-corrected chi connectivity index (χ1v) is 9.82. The van der Waals surface area contributed by atoms with Crippen LogP contribution in [0.2, 0.25) is 0 Å². The van der Waals surface area contributed by atoms with Gasteiger partial charge in [0.25, 0.3) is 5.56 Å². The number of hydrogen-bond donors (Lipinski definition) is 0. The van der Waals surface area contributed by atoms with Crippen molar-refractivity contribution in [2.45, 2.75) is 51.5 Å². The molecule has 0 bridgehead atoms. The van der Waals surface area contributed by atoms with Gasteiger partial charge in [-0.15, -0.1) is 0 Å². The fraction of sp³-hybridized carbons (Fsp3) is 0.737. The third-order valence-electron chi connectivity index (χ3n) is 6.04. The normalized spacial score (nSPS) is 21.7. The van der Waals surface area contributed by atoms with Crippen LogP contribution in [-0.4, -0.2) is 58.2 Å². The van der Waals surface area contributed by atoms with Crippen molar-refractivity contribution < 1.29 is 4.79 Å². The van der Waals surface area contributed by atoms with Crippen molar-refractivity contribution in [3.8, 4) is 0 Å². The Morgan fingerprint density at radius 3 is 2.52 bits per heavy atom. The van der Waals surface area contributed by atoms with Crippen molar-refractivity contribution >= 4 is 5.91 Å². The number of rotatable bonds is 4. The molecule has 4 rings (SSSR count). The molecular weight excluding hydrogens is 316 g/mol. The number of carbonyl (C=O) groups excluding carboxylic acids is 1. The van der Waals surface area contributed by atoms with Crippen LogP contribution in [-0.2, 0) is 24.2 Å². The second kappa shape index (κ2) is 7.28. The van der Waals surface area contributed by atoms with Crippen molar-refractivity contribution in [2.24, 2.45) is 5.92 Å². The summed E-state index contributed by atoms with van der Waals surface area (Å²) < 4.78 is 1.63. The fourth-order valence-electron chi connectivity index (χ4n) is 4.10. The number of hydrogen-bond acceptors (Lipinski definition) is 4. The van der Waals surface area contributed by atoms with E-state index in [1.165, 1.54) is 19.3 Å². The summed E-state index contributed by atoms with van der Waals surface area (Å²) in [5.41, 5.74) is 2.29. The van der Waals surface area contributed by atoms with Gasteiger partial charge in [0.2, 0.25) is 5.91 Å². The standard InChI is InChI=1S/C19H28N4O2/c24-18-14-16-4-1-2-7-17(16)20-23(18)13-10-21-8-11-22(12-9-21)19(25)15-5-3-6-15/h14-15H,1-13H2. The highest BCUT2D eigenvalue weighted by atomic mass is 16.2. The van der Waals surface area contributed by atoms with Crippen molar-refractivity contribution in [2.75, 3.05) is 32.7 Å². The molecule has 136 valence electrons. The van der Waals surface area contributed by atoms with Crippen LogP contribution in [0, 0.1) is 5.92 Å². The predicted octanol–water partition coefficient (Wildman–Crippen LogP) is 1.07. The van der Waals surface area contributed by atoms with E-state index in [1.54, 1.807) is 10.7 Å². The van der Waals surface area contributed by atoms with E-state index in [1.807, 2.05) is 4.90 Å². The highest BCUT2D eigenvalue weighted by Crippen LogP contribution is 2.28. The second-order valence-corrected chi connectivity index (χ2v) is 7.68. The van der Waals surface area contributed by atoms with E-state index in [-0.39, 0.29) is 5.56 Å². The van der Waals surface area contributed by atoms with Crippen LogP contribution in [0.25, 0.3) is 0 Å². The molecule has 0 atom stereocenters. The molecule has 0 radical (unpaired) electrons. The zero-order valence-electron chi connectivity index (χ0n) is 15.0. The van der Waals surface area contributed by atoms with E-state index in [4.69, 9.17) is 0 Å². The molecule has 3 aliphatic rings. The van der Waals surface area contributed by atoms with Crippen LogP contribution in [0.1, 0.15) is 43.4 Å². The third kappa shape index (κ3) is 3.64. The highest BCUT2D eigenvalue weighted by Gasteiger charge is 2.31. The van der Waals surface area contributed by atoms with E-state index in [9.17, 15) is 9.59 Å². The highest BCUT2D eigenvalue weighted by molar-refractivity contribution is 5.79. The SMILES string of the molecule is O=C(C1CCC1)N1CCN(CCn2nc3c(cc2=O)CCCC3)CC1. The molecule has 6 nitrogen and oxygen atoms in total. The van der Waals surface area contributed by atoms with Gasteiger partial charge in [-0.05, 0) is 44.1 Å². The largest absolute Gasteiger partial charge is 0.340 e. The van der Waals surface area contributed by atoms with Gasteiger partial charge in [0, 0.05) is 44.7 Å². The first-order chi connectivity index (χ1) is 12.2. The monoisotopic (exact) mass is 344 g/mol. The maximum atomic E-state index is 12.3. The van der Waals surface area contributed by atoms with Crippen molar-refractivity contribution in [3.63, 3.8) is 0 Å². The average Bonchev–Trinajstić information content (AvgIpc) is 2.59. The Balaban J connectivity index is 1.29. The maximum Gasteiger partial charge on any atom is 0.267 e. The van der Waals surface area contributed by atoms with Crippen LogP contribution < -0.4 is 5.56 Å². The summed E-state index contributed by atoms with van der Waals surface area (Å²) in [5, 5.41) is 4.60. The Hall–Kier alpha value is -1.69. The molecule has 0 aromatic carbocycles. The molecular formula is C19H28N4O2. The van der Waals surface area contributed by atoms with E-state index >= 15 is 0 Å². The van der Waals surface area contributed by atoms with Crippen molar-refractivity contribution in [3.05, 3.63) is 27.7 Å². The molecule has 1 aliphatic heterocycles. The molecule has 0 unspecified atom stereocenters. The summed E-state index contributed by atoms with van der Waals surface area (Å²) in [4.78, 5) is 28.9. The maximum absolute atomic E-state index is 12.3. The first kappa shape index (κ1) is 16.8. The van der Waals surface area contributed by atoms with Crippen LogP contribution in [0.4, 0.5) is 0 Å². The molecule has 1 aromatic heterocycles. The van der Waals surface area contributed by atoms with Gasteiger partial charge in [-0.25, -0.2) is 4.68 Å². The van der Waals surface area contributed by atoms with Gasteiger partial charge in [0.15, 0.2) is 0 Å². The first-order valence-electron chi connectivity index (χ1n) is 9.82. The lowest BCUT2D eigenvalue weighted by molar-refractivity contribution is -0.139. The van der Waals surface area contributed by atoms with Gasteiger partial charge < -0.3 is 4.90 Å². The second-order valence-electron chi connectivity index (χ2n) is 7.68. The van der Waals surface area contributed by atoms with Gasteiger partial charge in [-0.3, -0.25) is 14.5 Å². The van der Waals surface area contributed by atoms with Gasteiger partial charge in [0.1, 0.15) is 0 Å². The number of aryl methyl sites for hydroxylation is 2. The molecule has 0 N–H and O–H groups in total. The van der Waals surface area contributed by atoms with Gasteiger partial charge in [-0.1, -0.05) is 6.42 Å². The number of piperazine rings is 1. The Kier molecular flexibility index (Phi) is 4.88.